The second-order valence-corrected chi connectivity index (χ2v) is 2.77. The molecule has 0 atom stereocenters. The fourth-order valence-corrected chi connectivity index (χ4v) is 0.720. The van der Waals surface area contributed by atoms with Crippen molar-refractivity contribution in [2.75, 3.05) is 0 Å². The van der Waals surface area contributed by atoms with Crippen LogP contribution in [0, 0.1) is 0 Å². The smallest absolute Gasteiger partial charge is 0.0917 e. The third-order valence-corrected chi connectivity index (χ3v) is 1.30. The molecule has 1 aromatic rings. The summed E-state index contributed by atoms with van der Waals surface area (Å²) in [6, 6.07) is 1.67. The van der Waals surface area contributed by atoms with E-state index in [0.29, 0.717) is 5.69 Å². The molecule has 48 valence electrons. The van der Waals surface area contributed by atoms with E-state index in [4.69, 9.17) is 27.3 Å². The van der Waals surface area contributed by atoms with E-state index in [2.05, 4.69) is 5.10 Å². The number of aryl methyl sites for hydroxylation is 1. The minimum absolute atomic E-state index is 0.469. The van der Waals surface area contributed by atoms with E-state index in [-0.39, 0.29) is 0 Å². The minimum Gasteiger partial charge on any atom is -0.276 e. The lowest BCUT2D eigenvalue weighted by Crippen LogP contribution is -2.19. The molecule has 5 heteroatoms. The summed E-state index contributed by atoms with van der Waals surface area (Å²) in [5, 5.41) is 3.92. The molecule has 2 nitrogen and oxygen atoms in total. The third-order valence-electron chi connectivity index (χ3n) is 1.11. The molecule has 0 unspecified atom stereocenters. The van der Waals surface area contributed by atoms with Crippen LogP contribution in [0.1, 0.15) is 5.69 Å². The Labute approximate surface area is 67.4 Å². The maximum atomic E-state index is 5.55. The predicted octanol–water partition coefficient (Wildman–Crippen LogP) is 0.106. The van der Waals surface area contributed by atoms with Crippen LogP contribution in [0.3, 0.4) is 0 Å². The van der Waals surface area contributed by atoms with E-state index in [1.165, 1.54) is 0 Å². The van der Waals surface area contributed by atoms with Crippen molar-refractivity contribution in [3.63, 3.8) is 0 Å². The highest BCUT2D eigenvalue weighted by molar-refractivity contribution is 6.61. The Morgan fingerprint density at radius 1 is 1.70 bits per heavy atom. The summed E-state index contributed by atoms with van der Waals surface area (Å²) in [7, 11) is 12.4. The summed E-state index contributed by atoms with van der Waals surface area (Å²) in [5.74, 6) is 0. The molecule has 0 spiro atoms. The Morgan fingerprint density at radius 3 is 2.50 bits per heavy atom. The SMILES string of the molecule is [B]C([B])(Cl)c1ccn(C)n1. The highest BCUT2D eigenvalue weighted by Gasteiger charge is 2.17. The maximum absolute atomic E-state index is 5.55. The molecule has 0 N–H and O–H groups in total. The molecule has 0 aliphatic rings. The van der Waals surface area contributed by atoms with Crippen molar-refractivity contribution >= 4 is 27.3 Å². The van der Waals surface area contributed by atoms with Gasteiger partial charge in [-0.1, -0.05) is 0 Å². The molecule has 0 bridgehead atoms. The average Bonchev–Trinajstić information content (AvgIpc) is 2.11. The van der Waals surface area contributed by atoms with Crippen molar-refractivity contribution in [3.05, 3.63) is 18.0 Å². The first kappa shape index (κ1) is 7.73. The van der Waals surface area contributed by atoms with Crippen LogP contribution in [0.4, 0.5) is 0 Å². The second kappa shape index (κ2) is 2.35. The van der Waals surface area contributed by atoms with E-state index in [0.717, 1.165) is 0 Å². The highest BCUT2D eigenvalue weighted by atomic mass is 35.5. The molecule has 1 rings (SSSR count). The van der Waals surface area contributed by atoms with Gasteiger partial charge in [-0.25, -0.2) is 0 Å². The number of hydrogen-bond donors (Lipinski definition) is 0. The van der Waals surface area contributed by atoms with E-state index in [1.54, 1.807) is 24.0 Å². The van der Waals surface area contributed by atoms with Crippen LogP contribution in [-0.4, -0.2) is 25.5 Å². The topological polar surface area (TPSA) is 17.8 Å². The summed E-state index contributed by atoms with van der Waals surface area (Å²) in [5.41, 5.74) is 0.469. The van der Waals surface area contributed by atoms with Gasteiger partial charge in [0.05, 0.1) is 21.4 Å². The Hall–Kier alpha value is -0.370. The summed E-state index contributed by atoms with van der Waals surface area (Å²) in [4.78, 5) is 0. The van der Waals surface area contributed by atoms with Crippen LogP contribution in [0.25, 0.3) is 0 Å². The first-order valence-electron chi connectivity index (χ1n) is 2.77. The number of halogens is 1. The van der Waals surface area contributed by atoms with Gasteiger partial charge in [0, 0.05) is 17.9 Å². The van der Waals surface area contributed by atoms with Crippen LogP contribution < -0.4 is 0 Å². The molecule has 0 amide bonds. The Morgan fingerprint density at radius 2 is 2.30 bits per heavy atom. The number of hydrogen-bond acceptors (Lipinski definition) is 1. The third kappa shape index (κ3) is 1.57. The standard InChI is InChI=1S/C5H5B2ClN2/c1-10-3-2-4(9-10)5(6,7)8/h2-3H,1H3. The van der Waals surface area contributed by atoms with E-state index in [9.17, 15) is 0 Å². The zero-order valence-electron chi connectivity index (χ0n) is 5.58. The number of nitrogens with zero attached hydrogens (tertiary/aromatic N) is 2. The van der Waals surface area contributed by atoms with Crippen LogP contribution in [0.15, 0.2) is 12.3 Å². The van der Waals surface area contributed by atoms with Crippen molar-refractivity contribution in [2.45, 2.75) is 4.67 Å². The molecule has 0 fully saturated rings. The Bertz CT molecular complexity index is 228. The molecular weight excluding hydrogens is 145 g/mol. The lowest BCUT2D eigenvalue weighted by molar-refractivity contribution is 0.748. The Kier molecular flexibility index (Phi) is 1.82. The molecule has 4 radical (unpaired) electrons. The van der Waals surface area contributed by atoms with E-state index in [1.807, 2.05) is 0 Å². The zero-order valence-corrected chi connectivity index (χ0v) is 6.34. The van der Waals surface area contributed by atoms with Gasteiger partial charge in [0.25, 0.3) is 0 Å². The molecule has 0 aliphatic heterocycles. The first-order valence-corrected chi connectivity index (χ1v) is 3.15. The van der Waals surface area contributed by atoms with Gasteiger partial charge in [-0.3, -0.25) is 4.68 Å². The van der Waals surface area contributed by atoms with Crippen LogP contribution in [0.5, 0.6) is 0 Å². The van der Waals surface area contributed by atoms with Gasteiger partial charge in [0.1, 0.15) is 0 Å². The fourth-order valence-electron chi connectivity index (χ4n) is 0.619. The zero-order chi connectivity index (χ0) is 7.78. The summed E-state index contributed by atoms with van der Waals surface area (Å²) in [6.45, 7) is 0. The number of rotatable bonds is 1. The van der Waals surface area contributed by atoms with Crippen molar-refractivity contribution in [1.82, 2.24) is 9.78 Å². The van der Waals surface area contributed by atoms with Crippen LogP contribution in [-0.2, 0) is 11.7 Å². The van der Waals surface area contributed by atoms with Gasteiger partial charge < -0.3 is 0 Å². The summed E-state index contributed by atoms with van der Waals surface area (Å²) in [6.07, 6.45) is 1.73. The molecule has 0 saturated heterocycles. The molecule has 0 aliphatic carbocycles. The molecule has 0 saturated carbocycles. The molecule has 1 aromatic heterocycles. The number of aromatic nitrogens is 2. The van der Waals surface area contributed by atoms with Gasteiger partial charge >= 0.3 is 0 Å². The van der Waals surface area contributed by atoms with Gasteiger partial charge in [-0.05, 0) is 6.07 Å². The van der Waals surface area contributed by atoms with Gasteiger partial charge in [-0.15, -0.1) is 11.6 Å². The fraction of sp³-hybridized carbons (Fsp3) is 0.400. The second-order valence-electron chi connectivity index (χ2n) is 2.14. The molecule has 0 aromatic carbocycles. The highest BCUT2D eigenvalue weighted by Crippen LogP contribution is 2.17. The van der Waals surface area contributed by atoms with Crippen molar-refractivity contribution in [1.29, 1.82) is 0 Å². The van der Waals surface area contributed by atoms with Crippen LogP contribution in [0.2, 0.25) is 0 Å². The van der Waals surface area contributed by atoms with Gasteiger partial charge in [0.2, 0.25) is 0 Å². The molecular formula is C5H5B2ClN2. The normalized spacial score (nSPS) is 11.8. The van der Waals surface area contributed by atoms with Gasteiger partial charge in [-0.2, -0.15) is 5.10 Å². The lowest BCUT2D eigenvalue weighted by Gasteiger charge is -2.11. The van der Waals surface area contributed by atoms with Crippen molar-refractivity contribution in [3.8, 4) is 0 Å². The first-order chi connectivity index (χ1) is 4.50. The summed E-state index contributed by atoms with van der Waals surface area (Å²) >= 11 is 5.55. The minimum atomic E-state index is -1.35. The maximum Gasteiger partial charge on any atom is 0.0917 e. The largest absolute Gasteiger partial charge is 0.276 e. The van der Waals surface area contributed by atoms with Gasteiger partial charge in [0.15, 0.2) is 0 Å². The monoisotopic (exact) mass is 150 g/mol. The molecule has 10 heavy (non-hydrogen) atoms. The number of alkyl halides is 1. The summed E-state index contributed by atoms with van der Waals surface area (Å²) < 4.78 is 0.243. The van der Waals surface area contributed by atoms with E-state index < -0.39 is 4.67 Å². The quantitative estimate of drug-likeness (QED) is 0.410. The molecule has 1 heterocycles. The van der Waals surface area contributed by atoms with E-state index >= 15 is 0 Å². The predicted molar refractivity (Wildman–Crippen MR) is 42.2 cm³/mol. The van der Waals surface area contributed by atoms with Crippen LogP contribution >= 0.6 is 11.6 Å². The van der Waals surface area contributed by atoms with Crippen molar-refractivity contribution < 1.29 is 0 Å². The Balaban J connectivity index is 2.96. The lowest BCUT2D eigenvalue weighted by atomic mass is 9.68. The average molecular weight is 150 g/mol. The van der Waals surface area contributed by atoms with Crippen molar-refractivity contribution in [2.24, 2.45) is 7.05 Å².